The van der Waals surface area contributed by atoms with Crippen LogP contribution in [0.4, 0.5) is 0 Å². The van der Waals surface area contributed by atoms with Crippen molar-refractivity contribution in [1.82, 2.24) is 4.90 Å². The van der Waals surface area contributed by atoms with Gasteiger partial charge in [-0.05, 0) is 19.4 Å². The second-order valence-electron chi connectivity index (χ2n) is 4.36. The molecule has 0 atom stereocenters. The molecule has 0 fully saturated rings. The summed E-state index contributed by atoms with van der Waals surface area (Å²) in [5, 5.41) is 17.7. The molecule has 0 unspecified atom stereocenters. The highest BCUT2D eigenvalue weighted by molar-refractivity contribution is 6.01. The largest absolute Gasteiger partial charge is 0.478 e. The summed E-state index contributed by atoms with van der Waals surface area (Å²) in [6, 6.07) is 11.2. The highest BCUT2D eigenvalue weighted by Gasteiger charge is 2.19. The van der Waals surface area contributed by atoms with Crippen LogP contribution in [0.15, 0.2) is 41.5 Å². The molecule has 0 aliphatic rings. The Bertz CT molecular complexity index is 571. The highest BCUT2D eigenvalue weighted by Crippen LogP contribution is 2.11. The van der Waals surface area contributed by atoms with Crippen LogP contribution in [0.25, 0.3) is 0 Å². The lowest BCUT2D eigenvalue weighted by Crippen LogP contribution is -2.32. The Balaban J connectivity index is 2.97. The molecule has 0 aliphatic heterocycles. The van der Waals surface area contributed by atoms with Crippen molar-refractivity contribution in [2.24, 2.45) is 0 Å². The first-order valence-electron chi connectivity index (χ1n) is 6.08. The Kier molecular flexibility index (Phi) is 5.48. The number of aliphatic carboxylic acids is 1. The Labute approximate surface area is 117 Å². The van der Waals surface area contributed by atoms with Gasteiger partial charge in [0.1, 0.15) is 6.54 Å². The minimum absolute atomic E-state index is 0.00833. The minimum Gasteiger partial charge on any atom is -0.478 e. The van der Waals surface area contributed by atoms with Crippen LogP contribution >= 0.6 is 0 Å². The molecule has 1 N–H and O–H groups in total. The van der Waals surface area contributed by atoms with E-state index >= 15 is 0 Å². The number of carboxylic acids is 1. The van der Waals surface area contributed by atoms with Crippen molar-refractivity contribution in [3.8, 4) is 6.07 Å². The Morgan fingerprint density at radius 3 is 2.30 bits per heavy atom. The van der Waals surface area contributed by atoms with Crippen molar-refractivity contribution >= 4 is 11.9 Å². The first-order chi connectivity index (χ1) is 9.47. The maximum Gasteiger partial charge on any atom is 0.331 e. The molecule has 5 nitrogen and oxygen atoms in total. The number of nitriles is 1. The molecule has 1 aromatic rings. The van der Waals surface area contributed by atoms with Gasteiger partial charge in [0.05, 0.1) is 6.07 Å². The molecular formula is C15H16N2O3. The molecule has 1 amide bonds. The minimum atomic E-state index is -1.13. The number of amides is 1. The van der Waals surface area contributed by atoms with E-state index in [9.17, 15) is 9.59 Å². The molecule has 1 rings (SSSR count). The second kappa shape index (κ2) is 7.10. The van der Waals surface area contributed by atoms with Gasteiger partial charge in [0.15, 0.2) is 0 Å². The van der Waals surface area contributed by atoms with Crippen LogP contribution in [0.3, 0.4) is 0 Å². The Morgan fingerprint density at radius 2 is 1.80 bits per heavy atom. The summed E-state index contributed by atoms with van der Waals surface area (Å²) in [5.41, 5.74) is 1.02. The quantitative estimate of drug-likeness (QED) is 0.656. The van der Waals surface area contributed by atoms with Crippen molar-refractivity contribution in [3.63, 3.8) is 0 Å². The maximum atomic E-state index is 12.2. The van der Waals surface area contributed by atoms with Crippen LogP contribution in [-0.4, -0.2) is 28.4 Å². The van der Waals surface area contributed by atoms with E-state index in [1.165, 1.54) is 18.7 Å². The van der Waals surface area contributed by atoms with Crippen LogP contribution in [0.2, 0.25) is 0 Å². The summed E-state index contributed by atoms with van der Waals surface area (Å²) in [6.45, 7) is 3.03. The summed E-state index contributed by atoms with van der Waals surface area (Å²) in [6.07, 6.45) is 0. The van der Waals surface area contributed by atoms with Crippen molar-refractivity contribution < 1.29 is 14.7 Å². The van der Waals surface area contributed by atoms with Gasteiger partial charge in [0, 0.05) is 17.7 Å². The fourth-order valence-corrected chi connectivity index (χ4v) is 1.65. The molecule has 0 spiro atoms. The van der Waals surface area contributed by atoms with E-state index in [0.717, 1.165) is 5.56 Å². The summed E-state index contributed by atoms with van der Waals surface area (Å²) in [7, 11) is 0. The van der Waals surface area contributed by atoms with Gasteiger partial charge in [-0.2, -0.15) is 5.26 Å². The molecule has 0 heterocycles. The average molecular weight is 272 g/mol. The predicted molar refractivity (Wildman–Crippen MR) is 73.5 cm³/mol. The normalized spacial score (nSPS) is 11.2. The molecule has 1 aromatic carbocycles. The third-order valence-electron chi connectivity index (χ3n) is 2.97. The van der Waals surface area contributed by atoms with Gasteiger partial charge in [-0.3, -0.25) is 4.79 Å². The third-order valence-corrected chi connectivity index (χ3v) is 2.97. The molecule has 0 bridgehead atoms. The summed E-state index contributed by atoms with van der Waals surface area (Å²) in [5.74, 6) is -1.57. The van der Waals surface area contributed by atoms with E-state index in [0.29, 0.717) is 0 Å². The van der Waals surface area contributed by atoms with Gasteiger partial charge >= 0.3 is 5.97 Å². The zero-order chi connectivity index (χ0) is 15.1. The number of carboxylic acid groups (broad SMARTS) is 1. The van der Waals surface area contributed by atoms with E-state index in [1.54, 1.807) is 0 Å². The molecule has 0 aromatic heterocycles. The number of hydrogen-bond donors (Lipinski definition) is 1. The average Bonchev–Trinajstić information content (AvgIpc) is 2.45. The number of rotatable bonds is 5. The number of benzene rings is 1. The SMILES string of the molecule is CC(C(=O)O)=C(C)C(=O)N(CC#N)Cc1ccccc1. The maximum absolute atomic E-state index is 12.2. The lowest BCUT2D eigenvalue weighted by atomic mass is 10.1. The molecule has 20 heavy (non-hydrogen) atoms. The molecule has 5 heteroatoms. The van der Waals surface area contributed by atoms with Gasteiger partial charge in [-0.25, -0.2) is 4.79 Å². The number of nitrogens with zero attached hydrogens (tertiary/aromatic N) is 2. The van der Waals surface area contributed by atoms with Crippen LogP contribution in [0.5, 0.6) is 0 Å². The second-order valence-corrected chi connectivity index (χ2v) is 4.36. The molecule has 0 saturated carbocycles. The zero-order valence-corrected chi connectivity index (χ0v) is 11.5. The van der Waals surface area contributed by atoms with Crippen molar-refractivity contribution in [2.45, 2.75) is 20.4 Å². The van der Waals surface area contributed by atoms with E-state index < -0.39 is 11.9 Å². The molecule has 0 aliphatic carbocycles. The predicted octanol–water partition coefficient (Wildman–Crippen LogP) is 1.96. The first kappa shape index (κ1) is 15.4. The van der Waals surface area contributed by atoms with E-state index in [2.05, 4.69) is 0 Å². The summed E-state index contributed by atoms with van der Waals surface area (Å²) < 4.78 is 0. The van der Waals surface area contributed by atoms with Gasteiger partial charge < -0.3 is 10.0 Å². The lowest BCUT2D eigenvalue weighted by molar-refractivity contribution is -0.133. The van der Waals surface area contributed by atoms with E-state index in [1.807, 2.05) is 36.4 Å². The van der Waals surface area contributed by atoms with Crippen molar-refractivity contribution in [3.05, 3.63) is 47.0 Å². The number of hydrogen-bond acceptors (Lipinski definition) is 3. The number of carbonyl (C=O) groups excluding carboxylic acids is 1. The molecule has 104 valence electrons. The monoisotopic (exact) mass is 272 g/mol. The fourth-order valence-electron chi connectivity index (χ4n) is 1.65. The summed E-state index contributed by atoms with van der Waals surface area (Å²) >= 11 is 0. The Morgan fingerprint density at radius 1 is 1.20 bits per heavy atom. The number of carbonyl (C=O) groups is 2. The lowest BCUT2D eigenvalue weighted by Gasteiger charge is -2.20. The fraction of sp³-hybridized carbons (Fsp3) is 0.267. The first-order valence-corrected chi connectivity index (χ1v) is 6.08. The van der Waals surface area contributed by atoms with Gasteiger partial charge in [-0.15, -0.1) is 0 Å². The van der Waals surface area contributed by atoms with Crippen LogP contribution in [0.1, 0.15) is 19.4 Å². The smallest absolute Gasteiger partial charge is 0.331 e. The summed E-state index contributed by atoms with van der Waals surface area (Å²) in [4.78, 5) is 24.5. The topological polar surface area (TPSA) is 81.4 Å². The van der Waals surface area contributed by atoms with E-state index in [4.69, 9.17) is 10.4 Å². The molecule has 0 radical (unpaired) electrons. The standard InChI is InChI=1S/C15H16N2O3/c1-11(12(2)15(19)20)14(18)17(9-8-16)10-13-6-4-3-5-7-13/h3-7H,9-10H2,1-2H3,(H,19,20). The van der Waals surface area contributed by atoms with Crippen LogP contribution in [-0.2, 0) is 16.1 Å². The van der Waals surface area contributed by atoms with Crippen molar-refractivity contribution in [2.75, 3.05) is 6.54 Å². The molecular weight excluding hydrogens is 256 g/mol. The van der Waals surface area contributed by atoms with Crippen molar-refractivity contribution in [1.29, 1.82) is 5.26 Å². The van der Waals surface area contributed by atoms with Gasteiger partial charge in [0.25, 0.3) is 5.91 Å². The zero-order valence-electron chi connectivity index (χ0n) is 11.5. The van der Waals surface area contributed by atoms with E-state index in [-0.39, 0.29) is 24.2 Å². The third kappa shape index (κ3) is 3.95. The Hall–Kier alpha value is -2.61. The van der Waals surface area contributed by atoms with Gasteiger partial charge in [0.2, 0.25) is 0 Å². The van der Waals surface area contributed by atoms with Crippen LogP contribution in [0, 0.1) is 11.3 Å². The molecule has 0 saturated heterocycles. The van der Waals surface area contributed by atoms with Crippen LogP contribution < -0.4 is 0 Å². The van der Waals surface area contributed by atoms with Gasteiger partial charge in [-0.1, -0.05) is 30.3 Å². The highest BCUT2D eigenvalue weighted by atomic mass is 16.4.